The summed E-state index contributed by atoms with van der Waals surface area (Å²) in [5, 5.41) is 25.5. The Morgan fingerprint density at radius 3 is 2.22 bits per heavy atom. The Kier molecular flexibility index (Phi) is 11.6. The van der Waals surface area contributed by atoms with E-state index in [0.717, 1.165) is 22.8 Å². The van der Waals surface area contributed by atoms with Crippen molar-refractivity contribution in [2.75, 3.05) is 27.3 Å². The summed E-state index contributed by atoms with van der Waals surface area (Å²) in [6.45, 7) is 4.34. The highest BCUT2D eigenvalue weighted by atomic mass is 35.5. The van der Waals surface area contributed by atoms with Gasteiger partial charge in [0.2, 0.25) is 17.6 Å². The normalized spacial score (nSPS) is 15.5. The van der Waals surface area contributed by atoms with Crippen molar-refractivity contribution < 1.29 is 37.6 Å². The maximum atomic E-state index is 14.3. The quantitative estimate of drug-likeness (QED) is 0.126. The van der Waals surface area contributed by atoms with Gasteiger partial charge in [-0.15, -0.1) is 0 Å². The van der Waals surface area contributed by atoms with Crippen molar-refractivity contribution in [2.24, 2.45) is 0 Å². The highest BCUT2D eigenvalue weighted by Gasteiger charge is 2.38. The maximum Gasteiger partial charge on any atom is 0.421 e. The number of halogens is 4. The number of ether oxygens (including phenoxy) is 3. The van der Waals surface area contributed by atoms with E-state index in [1.54, 1.807) is 32.2 Å². The monoisotopic (exact) mass is 701 g/mol. The first-order valence-corrected chi connectivity index (χ1v) is 16.2. The van der Waals surface area contributed by atoms with E-state index >= 15 is 0 Å². The molecule has 0 bridgehead atoms. The Balaban J connectivity index is 1.45. The Labute approximate surface area is 287 Å². The highest BCUT2D eigenvalue weighted by molar-refractivity contribution is 6.35. The molecule has 5 rings (SSSR count). The summed E-state index contributed by atoms with van der Waals surface area (Å²) in [6.07, 6.45) is -4.06. The molecular formula is C35H39ClF3N5O5. The van der Waals surface area contributed by atoms with E-state index in [2.05, 4.69) is 25.6 Å². The van der Waals surface area contributed by atoms with Gasteiger partial charge in [-0.3, -0.25) is 4.98 Å². The van der Waals surface area contributed by atoms with E-state index in [1.807, 2.05) is 24.3 Å². The van der Waals surface area contributed by atoms with Crippen LogP contribution in [0.2, 0.25) is 5.02 Å². The summed E-state index contributed by atoms with van der Waals surface area (Å²) < 4.78 is 59.7. The van der Waals surface area contributed by atoms with E-state index < -0.39 is 35.9 Å². The van der Waals surface area contributed by atoms with Gasteiger partial charge in [-0.25, -0.2) is 4.98 Å². The molecule has 4 aromatic rings. The molecule has 1 aromatic carbocycles. The summed E-state index contributed by atoms with van der Waals surface area (Å²) in [5.74, 6) is -0.164. The first kappa shape index (κ1) is 36.3. The molecule has 0 spiro atoms. The van der Waals surface area contributed by atoms with Crippen LogP contribution in [0.3, 0.4) is 0 Å². The van der Waals surface area contributed by atoms with Gasteiger partial charge in [0.15, 0.2) is 0 Å². The molecular weight excluding hydrogens is 663 g/mol. The smallest absolute Gasteiger partial charge is 0.421 e. The van der Waals surface area contributed by atoms with Crippen molar-refractivity contribution in [2.45, 2.75) is 64.3 Å². The first-order chi connectivity index (χ1) is 23.4. The fraction of sp³-hybridized carbons (Fsp3) is 0.400. The predicted molar refractivity (Wildman–Crippen MR) is 179 cm³/mol. The zero-order chi connectivity index (χ0) is 35.3. The number of hydrogen-bond donors (Lipinski definition) is 4. The van der Waals surface area contributed by atoms with Crippen LogP contribution in [0, 0.1) is 0 Å². The number of fused-ring (bicyclic) bond motifs is 1. The second-order valence-electron chi connectivity index (χ2n) is 11.9. The maximum absolute atomic E-state index is 14.3. The Hall–Kier alpha value is -4.01. The second-order valence-corrected chi connectivity index (χ2v) is 12.2. The average molecular weight is 702 g/mol. The minimum atomic E-state index is -4.74. The SMILES string of the molecule is COc1nc(-c2ccnc(-c3cccc4c3CC[C@@H]4Oc3nc(OC)c(CNC[C@H](C)O)cc3C(F)(F)F)c2Cl)ccc1CNC[C@H](C)O. The highest BCUT2D eigenvalue weighted by Crippen LogP contribution is 2.45. The minimum Gasteiger partial charge on any atom is -0.481 e. The van der Waals surface area contributed by atoms with Gasteiger partial charge >= 0.3 is 6.18 Å². The van der Waals surface area contributed by atoms with Gasteiger partial charge in [0.1, 0.15) is 11.7 Å². The third-order valence-electron chi connectivity index (χ3n) is 8.06. The lowest BCUT2D eigenvalue weighted by Crippen LogP contribution is -2.24. The average Bonchev–Trinajstić information content (AvgIpc) is 3.47. The molecule has 0 radical (unpaired) electrons. The molecule has 4 N–H and O–H groups in total. The molecule has 262 valence electrons. The van der Waals surface area contributed by atoms with Crippen molar-refractivity contribution in [3.8, 4) is 40.2 Å². The standard InChI is InChI=1S/C35H39ClF3N5O5/c1-19(45)15-40-17-21-8-10-28(43-32(21)47-3)26-12-13-42-31(30(26)36)25-7-5-6-24-23(25)9-11-29(24)49-34-27(35(37,38)39)14-22(33(44-34)48-4)18-41-16-20(2)46/h5-8,10,12-14,19-20,29,40-41,45-46H,9,11,15-18H2,1-4H3/t19-,20-,29-/m0/s1. The van der Waals surface area contributed by atoms with Crippen LogP contribution in [-0.4, -0.2) is 64.7 Å². The van der Waals surface area contributed by atoms with E-state index in [-0.39, 0.29) is 24.5 Å². The summed E-state index contributed by atoms with van der Waals surface area (Å²) in [5.41, 5.74) is 4.01. The van der Waals surface area contributed by atoms with Crippen molar-refractivity contribution in [3.05, 3.63) is 81.5 Å². The number of methoxy groups -OCH3 is 2. The molecule has 0 amide bonds. The van der Waals surface area contributed by atoms with Crippen molar-refractivity contribution >= 4 is 11.6 Å². The molecule has 1 aliphatic rings. The van der Waals surface area contributed by atoms with E-state index in [9.17, 15) is 23.4 Å². The number of alkyl halides is 3. The van der Waals surface area contributed by atoms with Gasteiger partial charge in [0.25, 0.3) is 0 Å². The van der Waals surface area contributed by atoms with Gasteiger partial charge in [-0.2, -0.15) is 18.2 Å². The summed E-state index contributed by atoms with van der Waals surface area (Å²) in [7, 11) is 2.86. The zero-order valence-electron chi connectivity index (χ0n) is 27.6. The summed E-state index contributed by atoms with van der Waals surface area (Å²) in [4.78, 5) is 13.4. The minimum absolute atomic E-state index is 0.00449. The van der Waals surface area contributed by atoms with Crippen LogP contribution in [-0.2, 0) is 25.7 Å². The number of aromatic nitrogens is 3. The lowest BCUT2D eigenvalue weighted by molar-refractivity contribution is -0.139. The van der Waals surface area contributed by atoms with Crippen LogP contribution >= 0.6 is 11.6 Å². The Morgan fingerprint density at radius 1 is 0.898 bits per heavy atom. The lowest BCUT2D eigenvalue weighted by atomic mass is 9.98. The van der Waals surface area contributed by atoms with Gasteiger partial charge in [0.05, 0.1) is 42.8 Å². The molecule has 1 aliphatic carbocycles. The van der Waals surface area contributed by atoms with Gasteiger partial charge in [0, 0.05) is 54.6 Å². The van der Waals surface area contributed by atoms with Gasteiger partial charge in [-0.1, -0.05) is 35.9 Å². The van der Waals surface area contributed by atoms with Crippen LogP contribution in [0.15, 0.2) is 48.7 Å². The zero-order valence-corrected chi connectivity index (χ0v) is 28.3. The van der Waals surface area contributed by atoms with Crippen LogP contribution in [0.1, 0.15) is 54.2 Å². The van der Waals surface area contributed by atoms with Crippen LogP contribution < -0.4 is 24.8 Å². The fourth-order valence-corrected chi connectivity index (χ4v) is 6.12. The lowest BCUT2D eigenvalue weighted by Gasteiger charge is -2.21. The summed E-state index contributed by atoms with van der Waals surface area (Å²) in [6, 6.07) is 11.9. The number of aliphatic hydroxyl groups excluding tert-OH is 2. The fourth-order valence-electron chi connectivity index (χ4n) is 5.80. The van der Waals surface area contributed by atoms with E-state index in [4.69, 9.17) is 25.8 Å². The number of hydrogen-bond acceptors (Lipinski definition) is 10. The largest absolute Gasteiger partial charge is 0.481 e. The number of rotatable bonds is 14. The van der Waals surface area contributed by atoms with Gasteiger partial charge in [-0.05, 0) is 56.0 Å². The molecule has 10 nitrogen and oxygen atoms in total. The predicted octanol–water partition coefficient (Wildman–Crippen LogP) is 5.90. The summed E-state index contributed by atoms with van der Waals surface area (Å²) >= 11 is 6.99. The third kappa shape index (κ3) is 8.42. The van der Waals surface area contributed by atoms with E-state index in [0.29, 0.717) is 59.3 Å². The number of aliphatic hydroxyl groups is 2. The molecule has 49 heavy (non-hydrogen) atoms. The van der Waals surface area contributed by atoms with Crippen LogP contribution in [0.4, 0.5) is 13.2 Å². The molecule has 0 saturated carbocycles. The number of nitrogens with zero attached hydrogens (tertiary/aromatic N) is 3. The van der Waals surface area contributed by atoms with Crippen LogP contribution in [0.25, 0.3) is 22.5 Å². The molecule has 3 heterocycles. The molecule has 0 saturated heterocycles. The molecule has 0 unspecified atom stereocenters. The molecule has 3 atom stereocenters. The molecule has 3 aromatic heterocycles. The third-order valence-corrected chi connectivity index (χ3v) is 8.44. The Morgan fingerprint density at radius 2 is 1.57 bits per heavy atom. The van der Waals surface area contributed by atoms with E-state index in [1.165, 1.54) is 14.2 Å². The number of nitrogens with one attached hydrogen (secondary N) is 2. The number of benzene rings is 1. The van der Waals surface area contributed by atoms with Gasteiger partial charge < -0.3 is 35.1 Å². The van der Waals surface area contributed by atoms with Crippen molar-refractivity contribution in [1.29, 1.82) is 0 Å². The van der Waals surface area contributed by atoms with Crippen molar-refractivity contribution in [1.82, 2.24) is 25.6 Å². The Bertz CT molecular complexity index is 1770. The van der Waals surface area contributed by atoms with Crippen LogP contribution in [0.5, 0.6) is 17.6 Å². The van der Waals surface area contributed by atoms with Crippen molar-refractivity contribution in [3.63, 3.8) is 0 Å². The molecule has 0 aliphatic heterocycles. The first-order valence-electron chi connectivity index (χ1n) is 15.8. The molecule has 14 heteroatoms. The molecule has 0 fully saturated rings. The number of pyridine rings is 3. The topological polar surface area (TPSA) is 131 Å². The second kappa shape index (κ2) is 15.7.